The molecule has 0 saturated heterocycles. The van der Waals surface area contributed by atoms with Crippen LogP contribution in [0.3, 0.4) is 0 Å². The number of hydrogen-bond acceptors (Lipinski definition) is 3. The molecule has 122 valence electrons. The van der Waals surface area contributed by atoms with Crippen molar-refractivity contribution in [2.45, 2.75) is 56.8 Å². The predicted octanol–water partition coefficient (Wildman–Crippen LogP) is 5.59. The largest absolute Gasteiger partial charge is 0.337 e. The summed E-state index contributed by atoms with van der Waals surface area (Å²) in [6, 6.07) is 8.40. The van der Waals surface area contributed by atoms with Crippen molar-refractivity contribution in [3.63, 3.8) is 0 Å². The lowest BCUT2D eigenvalue weighted by molar-refractivity contribution is 0.211. The Labute approximate surface area is 136 Å². The van der Waals surface area contributed by atoms with Gasteiger partial charge in [0.25, 0.3) is 0 Å². The molecule has 0 bridgehead atoms. The van der Waals surface area contributed by atoms with Crippen molar-refractivity contribution < 1.29 is 8.37 Å². The third-order valence-electron chi connectivity index (χ3n) is 3.71. The Kier molecular flexibility index (Phi) is 7.11. The average Bonchev–Trinajstić information content (AvgIpc) is 2.36. The van der Waals surface area contributed by atoms with E-state index >= 15 is 0 Å². The first-order valence-electron chi connectivity index (χ1n) is 7.39. The predicted molar refractivity (Wildman–Crippen MR) is 97.3 cm³/mol. The average molecular weight is 331 g/mol. The molecular formula is C17H30O2S2. The van der Waals surface area contributed by atoms with Gasteiger partial charge in [-0.1, -0.05) is 38.5 Å². The van der Waals surface area contributed by atoms with E-state index in [-0.39, 0.29) is 10.9 Å². The molecule has 0 heterocycles. The van der Waals surface area contributed by atoms with Gasteiger partial charge in [-0.25, -0.2) is 0 Å². The molecule has 0 spiro atoms. The Bertz CT molecular complexity index is 421. The summed E-state index contributed by atoms with van der Waals surface area (Å²) in [5.74, 6) is 0. The molecule has 4 heteroatoms. The fourth-order valence-corrected chi connectivity index (χ4v) is 2.86. The second-order valence-corrected chi connectivity index (χ2v) is 11.5. The van der Waals surface area contributed by atoms with E-state index in [0.717, 1.165) is 17.9 Å². The fraction of sp³-hybridized carbons (Fsp3) is 0.647. The normalized spacial score (nSPS) is 15.0. The summed E-state index contributed by atoms with van der Waals surface area (Å²) in [6.07, 6.45) is 5.58. The summed E-state index contributed by atoms with van der Waals surface area (Å²) in [6.45, 7) is 11.7. The van der Waals surface area contributed by atoms with Crippen molar-refractivity contribution in [2.24, 2.45) is 0 Å². The van der Waals surface area contributed by atoms with Crippen LogP contribution in [0.25, 0.3) is 0 Å². The van der Waals surface area contributed by atoms with Crippen molar-refractivity contribution in [3.8, 4) is 0 Å². The fourth-order valence-electron chi connectivity index (χ4n) is 1.38. The lowest BCUT2D eigenvalue weighted by Gasteiger charge is -2.43. The topological polar surface area (TPSA) is 18.5 Å². The molecule has 0 N–H and O–H groups in total. The van der Waals surface area contributed by atoms with Crippen molar-refractivity contribution in [1.29, 1.82) is 0 Å². The lowest BCUT2D eigenvalue weighted by atomic mass is 10.2. The molecule has 1 atom stereocenters. The molecule has 0 fully saturated rings. The van der Waals surface area contributed by atoms with E-state index in [1.54, 1.807) is 0 Å². The molecule has 0 aliphatic heterocycles. The quantitative estimate of drug-likeness (QED) is 0.607. The molecule has 0 aromatic heterocycles. The van der Waals surface area contributed by atoms with Crippen molar-refractivity contribution in [3.05, 3.63) is 29.8 Å². The molecular weight excluding hydrogens is 300 g/mol. The Morgan fingerprint density at radius 2 is 1.71 bits per heavy atom. The minimum Gasteiger partial charge on any atom is -0.337 e. The molecule has 1 aromatic rings. The Hall–Kier alpha value is -0.160. The first-order valence-corrected chi connectivity index (χ1v) is 10.5. The van der Waals surface area contributed by atoms with Crippen LogP contribution in [0.2, 0.25) is 0 Å². The van der Waals surface area contributed by atoms with Crippen LogP contribution in [0.1, 0.15) is 39.7 Å². The lowest BCUT2D eigenvalue weighted by Crippen LogP contribution is -2.26. The molecule has 1 aromatic carbocycles. The van der Waals surface area contributed by atoms with Gasteiger partial charge in [-0.15, -0.1) is 10.3 Å². The number of hydrogen-bond donors (Lipinski definition) is 0. The van der Waals surface area contributed by atoms with E-state index in [2.05, 4.69) is 71.4 Å². The summed E-state index contributed by atoms with van der Waals surface area (Å²) in [5.41, 5.74) is 1.27. The van der Waals surface area contributed by atoms with E-state index in [1.165, 1.54) is 17.6 Å². The van der Waals surface area contributed by atoms with Gasteiger partial charge < -0.3 is 8.37 Å². The smallest absolute Gasteiger partial charge is 0.0721 e. The van der Waals surface area contributed by atoms with E-state index < -0.39 is 10.3 Å². The first-order chi connectivity index (χ1) is 9.62. The highest BCUT2D eigenvalue weighted by Gasteiger charge is 2.28. The Morgan fingerprint density at radius 1 is 1.14 bits per heavy atom. The van der Waals surface area contributed by atoms with E-state index in [9.17, 15) is 0 Å². The third-order valence-corrected chi connectivity index (χ3v) is 8.30. The van der Waals surface area contributed by atoms with Crippen LogP contribution in [0.4, 0.5) is 0 Å². The highest BCUT2D eigenvalue weighted by Crippen LogP contribution is 2.53. The van der Waals surface area contributed by atoms with Gasteiger partial charge in [0.1, 0.15) is 0 Å². The standard InChI is InChI=1S/C17H30O2S2/c1-14-8-10-16(11-9-14)20-19-15(2)12-13-18-21(6,7)17(3,4)5/h8-11,15H,12-13H2,1-7H3. The van der Waals surface area contributed by atoms with Gasteiger partial charge in [0.05, 0.1) is 12.7 Å². The minimum absolute atomic E-state index is 0.187. The van der Waals surface area contributed by atoms with Crippen molar-refractivity contribution in [2.75, 3.05) is 19.1 Å². The molecule has 1 rings (SSSR count). The monoisotopic (exact) mass is 330 g/mol. The SMILES string of the molecule is Cc1ccc(SOC(C)CCOS(C)(C)C(C)(C)C)cc1. The summed E-state index contributed by atoms with van der Waals surface area (Å²) in [4.78, 5) is 1.15. The molecule has 0 radical (unpaired) electrons. The van der Waals surface area contributed by atoms with Gasteiger partial charge in [-0.05, 0) is 44.9 Å². The molecule has 2 nitrogen and oxygen atoms in total. The zero-order valence-electron chi connectivity index (χ0n) is 14.4. The number of benzene rings is 1. The van der Waals surface area contributed by atoms with Crippen LogP contribution in [0, 0.1) is 6.92 Å². The highest BCUT2D eigenvalue weighted by molar-refractivity contribution is 8.29. The summed E-state index contributed by atoms with van der Waals surface area (Å²) < 4.78 is 12.2. The zero-order valence-corrected chi connectivity index (χ0v) is 16.1. The minimum atomic E-state index is -1.03. The van der Waals surface area contributed by atoms with Crippen molar-refractivity contribution in [1.82, 2.24) is 0 Å². The van der Waals surface area contributed by atoms with Crippen molar-refractivity contribution >= 4 is 22.4 Å². The van der Waals surface area contributed by atoms with Gasteiger partial charge >= 0.3 is 0 Å². The Balaban J connectivity index is 2.28. The molecule has 0 aliphatic rings. The molecule has 1 unspecified atom stereocenters. The maximum absolute atomic E-state index is 6.13. The van der Waals surface area contributed by atoms with Gasteiger partial charge in [-0.2, -0.15) is 0 Å². The maximum atomic E-state index is 6.13. The Morgan fingerprint density at radius 3 is 2.24 bits per heavy atom. The first kappa shape index (κ1) is 18.9. The van der Waals surface area contributed by atoms with Crippen LogP contribution in [-0.2, 0) is 8.37 Å². The van der Waals surface area contributed by atoms with Gasteiger partial charge in [-0.3, -0.25) is 0 Å². The molecule has 0 amide bonds. The molecule has 21 heavy (non-hydrogen) atoms. The van der Waals surface area contributed by atoms with Crippen LogP contribution in [-0.4, -0.2) is 30.0 Å². The summed E-state index contributed by atoms with van der Waals surface area (Å²) in [5, 5.41) is 0. The maximum Gasteiger partial charge on any atom is 0.0721 e. The summed E-state index contributed by atoms with van der Waals surface area (Å²) in [7, 11) is -1.03. The van der Waals surface area contributed by atoms with E-state index in [0.29, 0.717) is 0 Å². The van der Waals surface area contributed by atoms with Crippen LogP contribution >= 0.6 is 22.4 Å². The van der Waals surface area contributed by atoms with E-state index in [1.807, 2.05) is 0 Å². The number of aryl methyl sites for hydroxylation is 1. The van der Waals surface area contributed by atoms with Gasteiger partial charge in [0, 0.05) is 21.7 Å². The second-order valence-electron chi connectivity index (χ2n) is 6.76. The van der Waals surface area contributed by atoms with E-state index in [4.69, 9.17) is 8.37 Å². The molecule has 0 saturated carbocycles. The third kappa shape index (κ3) is 6.64. The zero-order chi connectivity index (χ0) is 16.1. The van der Waals surface area contributed by atoms with Crippen LogP contribution < -0.4 is 0 Å². The van der Waals surface area contributed by atoms with Gasteiger partial charge in [0.2, 0.25) is 0 Å². The summed E-state index contributed by atoms with van der Waals surface area (Å²) >= 11 is 1.45. The number of rotatable bonds is 7. The van der Waals surface area contributed by atoms with Crippen LogP contribution in [0.5, 0.6) is 0 Å². The van der Waals surface area contributed by atoms with Crippen LogP contribution in [0.15, 0.2) is 29.2 Å². The molecule has 0 aliphatic carbocycles. The highest BCUT2D eigenvalue weighted by atomic mass is 32.3. The van der Waals surface area contributed by atoms with Gasteiger partial charge in [0.15, 0.2) is 0 Å². The second kappa shape index (κ2) is 7.91.